The molecule has 0 aliphatic carbocycles. The first-order valence-electron chi connectivity index (χ1n) is 9.80. The first kappa shape index (κ1) is 19.3. The smallest absolute Gasteiger partial charge is 0.273 e. The molecule has 0 bridgehead atoms. The van der Waals surface area contributed by atoms with Gasteiger partial charge >= 0.3 is 0 Å². The fraction of sp³-hybridized carbons (Fsp3) is 0.227. The molecule has 0 unspecified atom stereocenters. The molecular weight excluding hydrogens is 407 g/mol. The summed E-state index contributed by atoms with van der Waals surface area (Å²) in [5.41, 5.74) is 3.29. The number of hydrogen-bond acceptors (Lipinski definition) is 3. The lowest BCUT2D eigenvalue weighted by Gasteiger charge is -2.32. The third-order valence-electron chi connectivity index (χ3n) is 5.80. The molecule has 0 spiro atoms. The number of aryl methyl sites for hydroxylation is 1. The molecule has 4 aromatic rings. The molecule has 1 atom stereocenters. The molecule has 31 heavy (non-hydrogen) atoms. The van der Waals surface area contributed by atoms with E-state index in [0.717, 1.165) is 17.7 Å². The van der Waals surface area contributed by atoms with E-state index in [1.165, 1.54) is 4.68 Å². The van der Waals surface area contributed by atoms with E-state index in [9.17, 15) is 18.0 Å². The molecule has 6 nitrogen and oxygen atoms in total. The van der Waals surface area contributed by atoms with Crippen molar-refractivity contribution in [2.45, 2.75) is 19.4 Å². The van der Waals surface area contributed by atoms with Crippen molar-refractivity contribution in [3.8, 4) is 11.3 Å². The number of amides is 1. The highest BCUT2D eigenvalue weighted by Gasteiger charge is 2.34. The van der Waals surface area contributed by atoms with Gasteiger partial charge in [0.1, 0.15) is 11.3 Å². The van der Waals surface area contributed by atoms with E-state index in [0.29, 0.717) is 35.7 Å². The van der Waals surface area contributed by atoms with Gasteiger partial charge in [0.25, 0.3) is 5.91 Å². The van der Waals surface area contributed by atoms with Crippen LogP contribution in [0.1, 0.15) is 34.7 Å². The quantitative estimate of drug-likeness (QED) is 0.458. The van der Waals surface area contributed by atoms with Crippen LogP contribution in [0, 0.1) is 17.5 Å². The second kappa shape index (κ2) is 6.97. The Hall–Kier alpha value is -3.62. The molecule has 4 heterocycles. The number of benzene rings is 1. The van der Waals surface area contributed by atoms with E-state index in [-0.39, 0.29) is 17.5 Å². The highest BCUT2D eigenvalue weighted by atomic mass is 19.2. The van der Waals surface area contributed by atoms with Crippen LogP contribution >= 0.6 is 0 Å². The van der Waals surface area contributed by atoms with Gasteiger partial charge in [-0.1, -0.05) is 6.07 Å². The number of halogens is 3. The van der Waals surface area contributed by atoms with Gasteiger partial charge in [-0.3, -0.25) is 13.9 Å². The number of rotatable bonds is 2. The number of aromatic nitrogens is 4. The molecular formula is C22H18F3N5O. The van der Waals surface area contributed by atoms with E-state index in [4.69, 9.17) is 0 Å². The lowest BCUT2D eigenvalue weighted by Crippen LogP contribution is -2.39. The Bertz CT molecular complexity index is 1320. The molecule has 1 aliphatic heterocycles. The minimum Gasteiger partial charge on any atom is -0.329 e. The molecule has 0 saturated heterocycles. The summed E-state index contributed by atoms with van der Waals surface area (Å²) in [6.45, 7) is 2.26. The zero-order valence-electron chi connectivity index (χ0n) is 16.8. The molecule has 0 saturated carbocycles. The minimum atomic E-state index is -1.50. The molecule has 1 aliphatic rings. The van der Waals surface area contributed by atoms with Crippen LogP contribution in [-0.4, -0.2) is 36.5 Å². The molecule has 0 radical (unpaired) electrons. The first-order chi connectivity index (χ1) is 14.9. The minimum absolute atomic E-state index is 0.178. The third-order valence-corrected chi connectivity index (χ3v) is 5.80. The number of imidazole rings is 1. The summed E-state index contributed by atoms with van der Waals surface area (Å²) < 4.78 is 44.3. The SMILES string of the molecule is C[C@H]1c2nn(C)c(-c3cc(F)c(F)c(F)c3)c2CCN1C(=O)c1cnc2ccccn12. The molecule has 5 rings (SSSR count). The first-order valence-corrected chi connectivity index (χ1v) is 9.80. The van der Waals surface area contributed by atoms with Crippen LogP contribution in [0.25, 0.3) is 16.9 Å². The summed E-state index contributed by atoms with van der Waals surface area (Å²) in [7, 11) is 1.66. The summed E-state index contributed by atoms with van der Waals surface area (Å²) in [6.07, 6.45) is 3.78. The van der Waals surface area contributed by atoms with Crippen molar-refractivity contribution in [2.75, 3.05) is 6.54 Å². The second-order valence-electron chi connectivity index (χ2n) is 7.59. The maximum absolute atomic E-state index is 13.8. The number of fused-ring (bicyclic) bond motifs is 2. The van der Waals surface area contributed by atoms with E-state index < -0.39 is 17.5 Å². The van der Waals surface area contributed by atoms with Gasteiger partial charge in [-0.25, -0.2) is 18.2 Å². The summed E-state index contributed by atoms with van der Waals surface area (Å²) >= 11 is 0. The van der Waals surface area contributed by atoms with E-state index in [2.05, 4.69) is 10.1 Å². The predicted octanol–water partition coefficient (Wildman–Crippen LogP) is 3.91. The van der Waals surface area contributed by atoms with Crippen LogP contribution in [0.2, 0.25) is 0 Å². The van der Waals surface area contributed by atoms with E-state index in [1.807, 2.05) is 25.1 Å². The molecule has 9 heteroatoms. The maximum atomic E-state index is 13.8. The average molecular weight is 425 g/mol. The maximum Gasteiger partial charge on any atom is 0.273 e. The Morgan fingerprint density at radius 2 is 1.90 bits per heavy atom. The monoisotopic (exact) mass is 425 g/mol. The normalized spacial score (nSPS) is 16.0. The number of hydrogen-bond donors (Lipinski definition) is 0. The topological polar surface area (TPSA) is 55.4 Å². The van der Waals surface area contributed by atoms with Crippen LogP contribution in [0.3, 0.4) is 0 Å². The Balaban J connectivity index is 1.53. The number of carbonyl (C=O) groups excluding carboxylic acids is 1. The van der Waals surface area contributed by atoms with Crippen LogP contribution in [0.5, 0.6) is 0 Å². The summed E-state index contributed by atoms with van der Waals surface area (Å²) in [5.74, 6) is -4.18. The summed E-state index contributed by atoms with van der Waals surface area (Å²) in [5, 5.41) is 4.53. The lowest BCUT2D eigenvalue weighted by molar-refractivity contribution is 0.0666. The van der Waals surface area contributed by atoms with Crippen LogP contribution < -0.4 is 0 Å². The van der Waals surface area contributed by atoms with Crippen LogP contribution in [0.15, 0.2) is 42.7 Å². The summed E-state index contributed by atoms with van der Waals surface area (Å²) in [6, 6.07) is 7.08. The third kappa shape index (κ3) is 2.91. The van der Waals surface area contributed by atoms with E-state index in [1.54, 1.807) is 28.7 Å². The van der Waals surface area contributed by atoms with Gasteiger partial charge in [0.15, 0.2) is 17.5 Å². The van der Waals surface area contributed by atoms with Crippen molar-refractivity contribution in [2.24, 2.45) is 7.05 Å². The fourth-order valence-electron chi connectivity index (χ4n) is 4.31. The zero-order valence-corrected chi connectivity index (χ0v) is 16.8. The van der Waals surface area contributed by atoms with Crippen molar-refractivity contribution in [1.29, 1.82) is 0 Å². The number of pyridine rings is 1. The van der Waals surface area contributed by atoms with Gasteiger partial charge in [0.05, 0.1) is 23.6 Å². The van der Waals surface area contributed by atoms with Crippen molar-refractivity contribution >= 4 is 11.6 Å². The molecule has 158 valence electrons. The van der Waals surface area contributed by atoms with Crippen LogP contribution in [-0.2, 0) is 13.5 Å². The van der Waals surface area contributed by atoms with Crippen molar-refractivity contribution in [1.82, 2.24) is 24.1 Å². The van der Waals surface area contributed by atoms with Gasteiger partial charge in [-0.05, 0) is 37.6 Å². The largest absolute Gasteiger partial charge is 0.329 e. The molecule has 1 aromatic carbocycles. The Kier molecular flexibility index (Phi) is 4.35. The second-order valence-corrected chi connectivity index (χ2v) is 7.59. The van der Waals surface area contributed by atoms with Gasteiger partial charge < -0.3 is 4.90 Å². The van der Waals surface area contributed by atoms with Crippen molar-refractivity contribution in [3.05, 3.63) is 77.1 Å². The van der Waals surface area contributed by atoms with Crippen molar-refractivity contribution < 1.29 is 18.0 Å². The van der Waals surface area contributed by atoms with Gasteiger partial charge in [0, 0.05) is 30.9 Å². The molecule has 0 N–H and O–H groups in total. The Morgan fingerprint density at radius 1 is 1.16 bits per heavy atom. The Morgan fingerprint density at radius 3 is 2.65 bits per heavy atom. The molecule has 1 amide bonds. The lowest BCUT2D eigenvalue weighted by atomic mass is 9.95. The standard InChI is InChI=1S/C22H18F3N5O/c1-12-20-14(21(28(2)27-20)13-9-15(23)19(25)16(24)10-13)6-8-29(12)22(31)17-11-26-18-5-3-4-7-30(17)18/h3-5,7,9-12H,6,8H2,1-2H3/t12-/m0/s1. The highest BCUT2D eigenvalue weighted by Crippen LogP contribution is 2.36. The van der Waals surface area contributed by atoms with Gasteiger partial charge in [0.2, 0.25) is 0 Å². The fourth-order valence-corrected chi connectivity index (χ4v) is 4.31. The van der Waals surface area contributed by atoms with Gasteiger partial charge in [-0.2, -0.15) is 5.10 Å². The Labute approximate surface area is 175 Å². The van der Waals surface area contributed by atoms with Gasteiger partial charge in [-0.15, -0.1) is 0 Å². The molecule has 0 fully saturated rings. The average Bonchev–Trinajstić information content (AvgIpc) is 3.32. The van der Waals surface area contributed by atoms with E-state index >= 15 is 0 Å². The van der Waals surface area contributed by atoms with Crippen LogP contribution in [0.4, 0.5) is 13.2 Å². The number of carbonyl (C=O) groups is 1. The predicted molar refractivity (Wildman–Crippen MR) is 107 cm³/mol. The highest BCUT2D eigenvalue weighted by molar-refractivity contribution is 5.93. The van der Waals surface area contributed by atoms with Crippen molar-refractivity contribution in [3.63, 3.8) is 0 Å². The number of nitrogens with zero attached hydrogens (tertiary/aromatic N) is 5. The molecule has 3 aromatic heterocycles. The summed E-state index contributed by atoms with van der Waals surface area (Å²) in [4.78, 5) is 19.3. The zero-order chi connectivity index (χ0) is 21.9.